The molecule has 1 aromatic rings. The van der Waals surface area contributed by atoms with Crippen LogP contribution in [0.5, 0.6) is 0 Å². The lowest BCUT2D eigenvalue weighted by Gasteiger charge is -2.28. The normalized spacial score (nSPS) is 12.6. The van der Waals surface area contributed by atoms with Crippen LogP contribution in [0.2, 0.25) is 6.04 Å². The molecule has 1 unspecified atom stereocenters. The summed E-state index contributed by atoms with van der Waals surface area (Å²) in [6.07, 6.45) is 1.14. The average Bonchev–Trinajstić information content (AvgIpc) is 2.66. The molecule has 0 saturated carbocycles. The maximum absolute atomic E-state index is 11.8. The Bertz CT molecular complexity index is 497. The fraction of sp³-hybridized carbons (Fsp3) is 0.650. The number of benzene rings is 1. The number of rotatable bonds is 14. The molecule has 1 N–H and O–H groups in total. The largest absolute Gasteiger partial charge is 0.500 e. The molecule has 0 radical (unpaired) electrons. The van der Waals surface area contributed by atoms with Crippen molar-refractivity contribution in [3.63, 3.8) is 0 Å². The smallest absolute Gasteiger partial charge is 0.450 e. The van der Waals surface area contributed by atoms with Crippen molar-refractivity contribution >= 4 is 14.9 Å². The third-order valence-electron chi connectivity index (χ3n) is 4.17. The highest BCUT2D eigenvalue weighted by molar-refractivity contribution is 6.60. The molecule has 0 aliphatic rings. The lowest BCUT2D eigenvalue weighted by molar-refractivity contribution is 0.0706. The van der Waals surface area contributed by atoms with E-state index < -0.39 is 8.80 Å². The fourth-order valence-electron chi connectivity index (χ4n) is 2.82. The maximum atomic E-state index is 11.8. The summed E-state index contributed by atoms with van der Waals surface area (Å²) in [7, 11) is -2.64. The summed E-state index contributed by atoms with van der Waals surface area (Å²) in [5, 5.41) is 2.79. The summed E-state index contributed by atoms with van der Waals surface area (Å²) in [5.41, 5.74) is 1.26. The van der Waals surface area contributed by atoms with E-state index in [9.17, 15) is 4.79 Å². The molecule has 0 spiro atoms. The van der Waals surface area contributed by atoms with Crippen molar-refractivity contribution in [2.24, 2.45) is 0 Å². The molecule has 7 heteroatoms. The molecule has 154 valence electrons. The highest BCUT2D eigenvalue weighted by atomic mass is 28.4. The molecule has 27 heavy (non-hydrogen) atoms. The second-order valence-corrected chi connectivity index (χ2v) is 8.98. The number of alkyl carbamates (subject to hydrolysis) is 1. The lowest BCUT2D eigenvalue weighted by atomic mass is 9.98. The first-order valence-electron chi connectivity index (χ1n) is 9.94. The zero-order chi connectivity index (χ0) is 20.0. The van der Waals surface area contributed by atoms with Crippen molar-refractivity contribution in [3.05, 3.63) is 35.9 Å². The number of amides is 1. The van der Waals surface area contributed by atoms with Crippen molar-refractivity contribution in [3.8, 4) is 0 Å². The first-order chi connectivity index (χ1) is 13.1. The minimum atomic E-state index is -2.64. The Morgan fingerprint density at radius 3 is 2.19 bits per heavy atom. The monoisotopic (exact) mass is 397 g/mol. The summed E-state index contributed by atoms with van der Waals surface area (Å²) < 4.78 is 22.7. The van der Waals surface area contributed by atoms with E-state index in [1.165, 1.54) is 5.56 Å². The van der Waals surface area contributed by atoms with Gasteiger partial charge in [-0.25, -0.2) is 4.79 Å². The Kier molecular flexibility index (Phi) is 12.0. The topological polar surface area (TPSA) is 66.0 Å². The maximum Gasteiger partial charge on any atom is 0.500 e. The van der Waals surface area contributed by atoms with Crippen LogP contribution < -0.4 is 5.32 Å². The number of hydrogen-bond donors (Lipinski definition) is 1. The van der Waals surface area contributed by atoms with Gasteiger partial charge < -0.3 is 23.3 Å². The van der Waals surface area contributed by atoms with E-state index in [1.807, 2.05) is 39.0 Å². The van der Waals surface area contributed by atoms with Crippen molar-refractivity contribution in [1.29, 1.82) is 0 Å². The van der Waals surface area contributed by atoms with Gasteiger partial charge in [-0.05, 0) is 45.1 Å². The Morgan fingerprint density at radius 2 is 1.63 bits per heavy atom. The molecule has 1 atom stereocenters. The number of nitrogens with one attached hydrogen (secondary N) is 1. The second kappa shape index (κ2) is 13.7. The summed E-state index contributed by atoms with van der Waals surface area (Å²) in [4.78, 5) is 11.8. The molecule has 0 aliphatic carbocycles. The minimum absolute atomic E-state index is 0.356. The predicted octanol–water partition coefficient (Wildman–Crippen LogP) is 4.34. The molecule has 0 bridgehead atoms. The van der Waals surface area contributed by atoms with Gasteiger partial charge >= 0.3 is 14.9 Å². The zero-order valence-electron chi connectivity index (χ0n) is 17.2. The Hall–Kier alpha value is -1.41. The van der Waals surface area contributed by atoms with Crippen LogP contribution >= 0.6 is 0 Å². The van der Waals surface area contributed by atoms with Crippen LogP contribution in [0, 0.1) is 0 Å². The van der Waals surface area contributed by atoms with Gasteiger partial charge in [0.25, 0.3) is 0 Å². The second-order valence-electron chi connectivity index (χ2n) is 6.25. The van der Waals surface area contributed by atoms with Gasteiger partial charge in [-0.1, -0.05) is 37.3 Å². The third-order valence-corrected chi connectivity index (χ3v) is 7.33. The van der Waals surface area contributed by atoms with Crippen molar-refractivity contribution < 1.29 is 22.8 Å². The van der Waals surface area contributed by atoms with Crippen LogP contribution in [0.1, 0.15) is 52.0 Å². The standard InChI is InChI=1S/C20H35NO5Si/c1-5-24-27(25-6-2,26-7-3)17-11-15-21-20(22)23-16-14-18(4)19-12-9-8-10-13-19/h8-10,12-13,18H,5-7,11,14-17H2,1-4H3,(H,21,22). The zero-order valence-corrected chi connectivity index (χ0v) is 18.2. The summed E-state index contributed by atoms with van der Waals surface area (Å²) in [6.45, 7) is 10.5. The molecule has 1 amide bonds. The molecule has 0 aromatic heterocycles. The Labute approximate surface area is 164 Å². The molecule has 0 aliphatic heterocycles. The van der Waals surface area contributed by atoms with E-state index in [2.05, 4.69) is 24.4 Å². The van der Waals surface area contributed by atoms with Crippen LogP contribution in [0.3, 0.4) is 0 Å². The molecular formula is C20H35NO5Si. The van der Waals surface area contributed by atoms with Crippen LogP contribution in [0.25, 0.3) is 0 Å². The number of ether oxygens (including phenoxy) is 1. The molecule has 0 fully saturated rings. The predicted molar refractivity (Wildman–Crippen MR) is 109 cm³/mol. The number of hydrogen-bond acceptors (Lipinski definition) is 5. The van der Waals surface area contributed by atoms with E-state index in [4.69, 9.17) is 18.0 Å². The van der Waals surface area contributed by atoms with E-state index in [0.717, 1.165) is 12.8 Å². The molecule has 0 heterocycles. The van der Waals surface area contributed by atoms with Gasteiger partial charge in [0.2, 0.25) is 0 Å². The molecule has 0 saturated heterocycles. The number of carbonyl (C=O) groups excluding carboxylic acids is 1. The highest BCUT2D eigenvalue weighted by Gasteiger charge is 2.39. The molecule has 1 rings (SSSR count). The van der Waals surface area contributed by atoms with Crippen LogP contribution in [0.15, 0.2) is 30.3 Å². The summed E-state index contributed by atoms with van der Waals surface area (Å²) in [5.74, 6) is 0.356. The van der Waals surface area contributed by atoms with Gasteiger partial charge in [-0.15, -0.1) is 0 Å². The quantitative estimate of drug-likeness (QED) is 0.373. The first kappa shape index (κ1) is 23.6. The lowest BCUT2D eigenvalue weighted by Crippen LogP contribution is -2.46. The van der Waals surface area contributed by atoms with E-state index in [1.54, 1.807) is 0 Å². The Balaban J connectivity index is 2.25. The average molecular weight is 398 g/mol. The van der Waals surface area contributed by atoms with Crippen LogP contribution in [-0.4, -0.2) is 47.9 Å². The first-order valence-corrected chi connectivity index (χ1v) is 11.9. The van der Waals surface area contributed by atoms with Gasteiger partial charge in [0, 0.05) is 32.4 Å². The highest BCUT2D eigenvalue weighted by Crippen LogP contribution is 2.19. The van der Waals surface area contributed by atoms with Gasteiger partial charge in [0.1, 0.15) is 0 Å². The van der Waals surface area contributed by atoms with E-state index in [-0.39, 0.29) is 6.09 Å². The molecular weight excluding hydrogens is 362 g/mol. The van der Waals surface area contributed by atoms with Crippen molar-refractivity contribution in [2.45, 2.75) is 52.5 Å². The Morgan fingerprint density at radius 1 is 1.04 bits per heavy atom. The van der Waals surface area contributed by atoms with Gasteiger partial charge in [0.05, 0.1) is 6.61 Å². The SMILES string of the molecule is CCO[Si](CCCNC(=O)OCCC(C)c1ccccc1)(OCC)OCC. The minimum Gasteiger partial charge on any atom is -0.450 e. The molecule has 1 aromatic carbocycles. The molecule has 6 nitrogen and oxygen atoms in total. The van der Waals surface area contributed by atoms with Crippen LogP contribution in [0.4, 0.5) is 4.79 Å². The van der Waals surface area contributed by atoms with Gasteiger partial charge in [-0.2, -0.15) is 0 Å². The fourth-order valence-corrected chi connectivity index (χ4v) is 5.44. The van der Waals surface area contributed by atoms with Crippen LogP contribution in [-0.2, 0) is 18.0 Å². The summed E-state index contributed by atoms with van der Waals surface area (Å²) in [6, 6.07) is 10.9. The van der Waals surface area contributed by atoms with Gasteiger partial charge in [0.15, 0.2) is 0 Å². The van der Waals surface area contributed by atoms with E-state index >= 15 is 0 Å². The van der Waals surface area contributed by atoms with Crippen molar-refractivity contribution in [2.75, 3.05) is 33.0 Å². The third kappa shape index (κ3) is 9.37. The van der Waals surface area contributed by atoms with Crippen molar-refractivity contribution in [1.82, 2.24) is 5.32 Å². The van der Waals surface area contributed by atoms with Gasteiger partial charge in [-0.3, -0.25) is 0 Å². The van der Waals surface area contributed by atoms with E-state index in [0.29, 0.717) is 44.9 Å². The number of carbonyl (C=O) groups is 1. The summed E-state index contributed by atoms with van der Waals surface area (Å²) >= 11 is 0.